The molecule has 2 rings (SSSR count). The Morgan fingerprint density at radius 3 is 2.47 bits per heavy atom. The fourth-order valence-corrected chi connectivity index (χ4v) is 2.87. The van der Waals surface area contributed by atoms with Crippen LogP contribution in [-0.2, 0) is 9.53 Å². The van der Waals surface area contributed by atoms with Crippen LogP contribution in [0.15, 0.2) is 0 Å². The molecule has 0 aromatic carbocycles. The van der Waals surface area contributed by atoms with Gasteiger partial charge >= 0.3 is 0 Å². The minimum absolute atomic E-state index is 0.238. The van der Waals surface area contributed by atoms with Crippen LogP contribution in [-0.4, -0.2) is 55.7 Å². The third-order valence-corrected chi connectivity index (χ3v) is 4.29. The Morgan fingerprint density at radius 1 is 1.37 bits per heavy atom. The van der Waals surface area contributed by atoms with E-state index in [1.165, 1.54) is 12.8 Å². The van der Waals surface area contributed by atoms with Crippen LogP contribution in [0.1, 0.15) is 32.6 Å². The van der Waals surface area contributed by atoms with E-state index in [0.29, 0.717) is 12.0 Å². The molecule has 0 bridgehead atoms. The molecular formula is C14H27N3O2. The molecule has 2 fully saturated rings. The summed E-state index contributed by atoms with van der Waals surface area (Å²) in [6.07, 6.45) is 4.62. The van der Waals surface area contributed by atoms with Gasteiger partial charge < -0.3 is 15.4 Å². The summed E-state index contributed by atoms with van der Waals surface area (Å²) in [6.45, 7) is 5.57. The summed E-state index contributed by atoms with van der Waals surface area (Å²) in [5.74, 6) is 0.427. The van der Waals surface area contributed by atoms with E-state index >= 15 is 0 Å². The summed E-state index contributed by atoms with van der Waals surface area (Å²) in [6, 6.07) is 0.489. The van der Waals surface area contributed by atoms with Crippen molar-refractivity contribution in [3.63, 3.8) is 0 Å². The lowest BCUT2D eigenvalue weighted by Crippen LogP contribution is -2.61. The number of amides is 1. The van der Waals surface area contributed by atoms with Gasteiger partial charge in [0.1, 0.15) is 5.54 Å². The van der Waals surface area contributed by atoms with E-state index < -0.39 is 5.54 Å². The number of nitrogens with zero attached hydrogens (tertiary/aromatic N) is 1. The predicted octanol–water partition coefficient (Wildman–Crippen LogP) is 0.341. The van der Waals surface area contributed by atoms with E-state index in [-0.39, 0.29) is 5.91 Å². The highest BCUT2D eigenvalue weighted by Gasteiger charge is 2.38. The Kier molecular flexibility index (Phi) is 4.81. The smallest absolute Gasteiger partial charge is 0.238 e. The molecule has 0 aromatic heterocycles. The molecule has 1 atom stereocenters. The molecular weight excluding hydrogens is 242 g/mol. The van der Waals surface area contributed by atoms with Gasteiger partial charge in [0.05, 0.1) is 0 Å². The maximum atomic E-state index is 11.7. The minimum Gasteiger partial charge on any atom is -0.384 e. The second-order valence-corrected chi connectivity index (χ2v) is 6.29. The normalized spacial score (nSPS) is 25.2. The lowest BCUT2D eigenvalue weighted by Gasteiger charge is -2.38. The van der Waals surface area contributed by atoms with Gasteiger partial charge in [0, 0.05) is 26.3 Å². The standard InChI is InChI=1S/C14H27N3O2/c1-14(13(15)18,16-12-3-4-12)10-17-7-5-11(6-8-17)9-19-2/h11-12,16H,3-10H2,1-2H3,(H2,15,18). The average molecular weight is 269 g/mol. The van der Waals surface area contributed by atoms with Crippen LogP contribution in [0.4, 0.5) is 0 Å². The Labute approximate surface area is 115 Å². The molecule has 1 heterocycles. The summed E-state index contributed by atoms with van der Waals surface area (Å²) in [7, 11) is 1.76. The van der Waals surface area contributed by atoms with Gasteiger partial charge in [0.25, 0.3) is 0 Å². The number of hydrogen-bond acceptors (Lipinski definition) is 4. The summed E-state index contributed by atoms with van der Waals surface area (Å²) < 4.78 is 5.21. The zero-order valence-electron chi connectivity index (χ0n) is 12.2. The highest BCUT2D eigenvalue weighted by Crippen LogP contribution is 2.24. The molecule has 1 saturated heterocycles. The molecule has 19 heavy (non-hydrogen) atoms. The Hall–Kier alpha value is -0.650. The highest BCUT2D eigenvalue weighted by atomic mass is 16.5. The van der Waals surface area contributed by atoms with Gasteiger partial charge in [-0.1, -0.05) is 0 Å². The fourth-order valence-electron chi connectivity index (χ4n) is 2.87. The molecule has 1 amide bonds. The van der Waals surface area contributed by atoms with Crippen LogP contribution >= 0.6 is 0 Å². The topological polar surface area (TPSA) is 67.6 Å². The van der Waals surface area contributed by atoms with Crippen molar-refractivity contribution in [3.05, 3.63) is 0 Å². The molecule has 2 aliphatic rings. The van der Waals surface area contributed by atoms with Crippen LogP contribution in [0.5, 0.6) is 0 Å². The molecule has 0 spiro atoms. The van der Waals surface area contributed by atoms with Crippen LogP contribution in [0.2, 0.25) is 0 Å². The van der Waals surface area contributed by atoms with Crippen molar-refractivity contribution in [2.75, 3.05) is 33.4 Å². The van der Waals surface area contributed by atoms with Crippen LogP contribution in [0.3, 0.4) is 0 Å². The van der Waals surface area contributed by atoms with Gasteiger partial charge in [0.15, 0.2) is 0 Å². The zero-order chi connectivity index (χ0) is 13.9. The average Bonchev–Trinajstić information content (AvgIpc) is 3.15. The quantitative estimate of drug-likeness (QED) is 0.699. The molecule has 3 N–H and O–H groups in total. The second-order valence-electron chi connectivity index (χ2n) is 6.29. The molecule has 1 aliphatic carbocycles. The first kappa shape index (κ1) is 14.8. The number of piperidine rings is 1. The molecule has 0 radical (unpaired) electrons. The summed E-state index contributed by atoms with van der Waals surface area (Å²) in [5.41, 5.74) is 5.00. The molecule has 0 aromatic rings. The van der Waals surface area contributed by atoms with Crippen molar-refractivity contribution in [1.29, 1.82) is 0 Å². The third-order valence-electron chi connectivity index (χ3n) is 4.29. The fraction of sp³-hybridized carbons (Fsp3) is 0.929. The van der Waals surface area contributed by atoms with Gasteiger partial charge in [-0.25, -0.2) is 0 Å². The van der Waals surface area contributed by atoms with Crippen molar-refractivity contribution < 1.29 is 9.53 Å². The molecule has 110 valence electrons. The Morgan fingerprint density at radius 2 is 2.00 bits per heavy atom. The monoisotopic (exact) mass is 269 g/mol. The van der Waals surface area contributed by atoms with E-state index in [0.717, 1.165) is 39.1 Å². The van der Waals surface area contributed by atoms with E-state index in [1.54, 1.807) is 7.11 Å². The maximum Gasteiger partial charge on any atom is 0.238 e. The number of primary amides is 1. The number of nitrogens with one attached hydrogen (secondary N) is 1. The van der Waals surface area contributed by atoms with Gasteiger partial charge in [-0.15, -0.1) is 0 Å². The zero-order valence-corrected chi connectivity index (χ0v) is 12.2. The van der Waals surface area contributed by atoms with E-state index in [2.05, 4.69) is 10.2 Å². The van der Waals surface area contributed by atoms with E-state index in [4.69, 9.17) is 10.5 Å². The molecule has 5 heteroatoms. The number of ether oxygens (including phenoxy) is 1. The molecule has 1 aliphatic heterocycles. The number of carbonyl (C=O) groups excluding carboxylic acids is 1. The number of hydrogen-bond donors (Lipinski definition) is 2. The highest BCUT2D eigenvalue weighted by molar-refractivity contribution is 5.84. The number of methoxy groups -OCH3 is 1. The van der Waals surface area contributed by atoms with Crippen molar-refractivity contribution in [2.45, 2.75) is 44.2 Å². The first-order chi connectivity index (χ1) is 9.03. The number of rotatable bonds is 7. The third kappa shape index (κ3) is 4.16. The Bertz CT molecular complexity index is 312. The van der Waals surface area contributed by atoms with Gasteiger partial charge in [-0.05, 0) is 51.6 Å². The van der Waals surface area contributed by atoms with Crippen molar-refractivity contribution >= 4 is 5.91 Å². The second kappa shape index (κ2) is 6.20. The summed E-state index contributed by atoms with van der Waals surface area (Å²) >= 11 is 0. The van der Waals surface area contributed by atoms with Crippen LogP contribution in [0, 0.1) is 5.92 Å². The lowest BCUT2D eigenvalue weighted by atomic mass is 9.94. The number of carbonyl (C=O) groups is 1. The summed E-state index contributed by atoms with van der Waals surface area (Å²) in [4.78, 5) is 14.1. The maximum absolute atomic E-state index is 11.7. The first-order valence-electron chi connectivity index (χ1n) is 7.32. The van der Waals surface area contributed by atoms with Crippen LogP contribution < -0.4 is 11.1 Å². The first-order valence-corrected chi connectivity index (χ1v) is 7.32. The van der Waals surface area contributed by atoms with Gasteiger partial charge in [-0.2, -0.15) is 0 Å². The van der Waals surface area contributed by atoms with Crippen LogP contribution in [0.25, 0.3) is 0 Å². The molecule has 1 saturated carbocycles. The SMILES string of the molecule is COCC1CCN(CC(C)(NC2CC2)C(N)=O)CC1. The lowest BCUT2D eigenvalue weighted by molar-refractivity contribution is -0.124. The Balaban J connectivity index is 1.83. The summed E-state index contributed by atoms with van der Waals surface area (Å²) in [5, 5.41) is 3.41. The van der Waals surface area contributed by atoms with Gasteiger partial charge in [-0.3, -0.25) is 10.1 Å². The predicted molar refractivity (Wildman–Crippen MR) is 74.8 cm³/mol. The largest absolute Gasteiger partial charge is 0.384 e. The number of likely N-dealkylation sites (tertiary alicyclic amines) is 1. The van der Waals surface area contributed by atoms with Crippen molar-refractivity contribution in [1.82, 2.24) is 10.2 Å². The minimum atomic E-state index is -0.588. The molecule has 1 unspecified atom stereocenters. The van der Waals surface area contributed by atoms with E-state index in [9.17, 15) is 4.79 Å². The number of nitrogens with two attached hydrogens (primary N) is 1. The van der Waals surface area contributed by atoms with Crippen molar-refractivity contribution in [3.8, 4) is 0 Å². The van der Waals surface area contributed by atoms with Crippen molar-refractivity contribution in [2.24, 2.45) is 11.7 Å². The van der Waals surface area contributed by atoms with Gasteiger partial charge in [0.2, 0.25) is 5.91 Å². The molecule has 5 nitrogen and oxygen atoms in total. The van der Waals surface area contributed by atoms with E-state index in [1.807, 2.05) is 6.92 Å².